The van der Waals surface area contributed by atoms with E-state index in [0.29, 0.717) is 25.1 Å². The summed E-state index contributed by atoms with van der Waals surface area (Å²) in [6, 6.07) is 4.84. The maximum atomic E-state index is 12.8. The predicted molar refractivity (Wildman–Crippen MR) is 112 cm³/mol. The molecule has 6 N–H and O–H groups in total. The van der Waals surface area contributed by atoms with Gasteiger partial charge < -0.3 is 31.7 Å². The molecule has 1 aromatic rings. The fourth-order valence-corrected chi connectivity index (χ4v) is 2.77. The molecule has 10 heteroatoms. The van der Waals surface area contributed by atoms with Crippen LogP contribution in [-0.4, -0.2) is 50.0 Å². The first-order valence-electron chi connectivity index (χ1n) is 9.70. The zero-order valence-electron chi connectivity index (χ0n) is 17.6. The van der Waals surface area contributed by atoms with Crippen LogP contribution in [0.1, 0.15) is 32.3 Å². The lowest BCUT2D eigenvalue weighted by molar-refractivity contribution is -0.130. The summed E-state index contributed by atoms with van der Waals surface area (Å²) < 4.78 is 5.06. The van der Waals surface area contributed by atoms with Crippen molar-refractivity contribution in [1.29, 1.82) is 0 Å². The second kappa shape index (κ2) is 13.2. The SMILES string of the molecule is COCc1ccc(NC(=O)C(CCCNC(N)=O)NC(=O)C(NC=O)C(C)C)cc1. The van der Waals surface area contributed by atoms with Gasteiger partial charge in [-0.3, -0.25) is 14.4 Å². The van der Waals surface area contributed by atoms with Crippen molar-refractivity contribution in [3.63, 3.8) is 0 Å². The summed E-state index contributed by atoms with van der Waals surface area (Å²) in [5.74, 6) is -1.03. The Morgan fingerprint density at radius 1 is 1.13 bits per heavy atom. The van der Waals surface area contributed by atoms with Gasteiger partial charge in [0.2, 0.25) is 18.2 Å². The van der Waals surface area contributed by atoms with E-state index < -0.39 is 29.9 Å². The molecule has 0 fully saturated rings. The van der Waals surface area contributed by atoms with Crippen molar-refractivity contribution in [3.8, 4) is 0 Å². The third kappa shape index (κ3) is 8.91. The van der Waals surface area contributed by atoms with Gasteiger partial charge >= 0.3 is 6.03 Å². The Balaban J connectivity index is 2.83. The zero-order valence-corrected chi connectivity index (χ0v) is 17.6. The lowest BCUT2D eigenvalue weighted by atomic mass is 10.0. The molecule has 0 heterocycles. The minimum absolute atomic E-state index is 0.163. The number of benzene rings is 1. The number of ether oxygens (including phenoxy) is 1. The molecule has 0 aliphatic heterocycles. The van der Waals surface area contributed by atoms with Gasteiger partial charge in [0.15, 0.2) is 0 Å². The van der Waals surface area contributed by atoms with Gasteiger partial charge in [-0.1, -0.05) is 26.0 Å². The minimum Gasteiger partial charge on any atom is -0.380 e. The Kier molecular flexibility index (Phi) is 10.9. The van der Waals surface area contributed by atoms with Crippen LogP contribution in [0.25, 0.3) is 0 Å². The van der Waals surface area contributed by atoms with E-state index in [1.54, 1.807) is 33.1 Å². The van der Waals surface area contributed by atoms with Crippen molar-refractivity contribution in [3.05, 3.63) is 29.8 Å². The highest BCUT2D eigenvalue weighted by molar-refractivity contribution is 5.98. The smallest absolute Gasteiger partial charge is 0.312 e. The van der Waals surface area contributed by atoms with Crippen molar-refractivity contribution >= 4 is 29.9 Å². The number of anilines is 1. The van der Waals surface area contributed by atoms with E-state index in [4.69, 9.17) is 10.5 Å². The largest absolute Gasteiger partial charge is 0.380 e. The number of methoxy groups -OCH3 is 1. The van der Waals surface area contributed by atoms with Crippen molar-refractivity contribution in [1.82, 2.24) is 16.0 Å². The highest BCUT2D eigenvalue weighted by atomic mass is 16.5. The van der Waals surface area contributed by atoms with E-state index in [0.717, 1.165) is 5.56 Å². The number of carbonyl (C=O) groups is 4. The molecule has 30 heavy (non-hydrogen) atoms. The Morgan fingerprint density at radius 3 is 2.33 bits per heavy atom. The van der Waals surface area contributed by atoms with Gasteiger partial charge in [0.1, 0.15) is 12.1 Å². The number of nitrogens with one attached hydrogen (secondary N) is 4. The van der Waals surface area contributed by atoms with Gasteiger partial charge in [0.25, 0.3) is 0 Å². The number of hydrogen-bond acceptors (Lipinski definition) is 5. The molecular weight excluding hydrogens is 390 g/mol. The zero-order chi connectivity index (χ0) is 22.5. The van der Waals surface area contributed by atoms with Gasteiger partial charge in [-0.25, -0.2) is 4.79 Å². The molecule has 2 atom stereocenters. The average molecular weight is 421 g/mol. The average Bonchev–Trinajstić information content (AvgIpc) is 2.69. The molecule has 1 rings (SSSR count). The fraction of sp³-hybridized carbons (Fsp3) is 0.500. The molecule has 0 saturated heterocycles. The molecule has 1 aromatic carbocycles. The molecule has 10 nitrogen and oxygen atoms in total. The molecule has 0 spiro atoms. The Hall–Kier alpha value is -3.14. The molecule has 0 saturated carbocycles. The predicted octanol–water partition coefficient (Wildman–Crippen LogP) is 0.475. The van der Waals surface area contributed by atoms with Gasteiger partial charge in [-0.05, 0) is 36.5 Å². The monoisotopic (exact) mass is 421 g/mol. The highest BCUT2D eigenvalue weighted by Gasteiger charge is 2.27. The van der Waals surface area contributed by atoms with Crippen LogP contribution in [0.2, 0.25) is 0 Å². The number of amides is 5. The lowest BCUT2D eigenvalue weighted by Crippen LogP contribution is -2.53. The summed E-state index contributed by atoms with van der Waals surface area (Å²) in [5.41, 5.74) is 6.57. The van der Waals surface area contributed by atoms with Crippen molar-refractivity contribution < 1.29 is 23.9 Å². The minimum atomic E-state index is -0.861. The molecule has 166 valence electrons. The molecule has 0 radical (unpaired) electrons. The summed E-state index contributed by atoms with van der Waals surface area (Å²) in [6.45, 7) is 4.29. The number of rotatable bonds is 13. The number of nitrogens with two attached hydrogens (primary N) is 1. The number of carbonyl (C=O) groups excluding carboxylic acids is 4. The molecule has 0 aliphatic rings. The third-order valence-corrected chi connectivity index (χ3v) is 4.33. The molecule has 0 aromatic heterocycles. The topological polar surface area (TPSA) is 152 Å². The van der Waals surface area contributed by atoms with E-state index >= 15 is 0 Å². The molecule has 2 unspecified atom stereocenters. The van der Waals surface area contributed by atoms with Crippen molar-refractivity contribution in [2.24, 2.45) is 11.7 Å². The van der Waals surface area contributed by atoms with E-state index in [9.17, 15) is 19.2 Å². The van der Waals surface area contributed by atoms with Crippen LogP contribution in [0, 0.1) is 5.92 Å². The van der Waals surface area contributed by atoms with Gasteiger partial charge in [0.05, 0.1) is 6.61 Å². The van der Waals surface area contributed by atoms with Crippen LogP contribution in [0.3, 0.4) is 0 Å². The Bertz CT molecular complexity index is 708. The Labute approximate surface area is 176 Å². The molecule has 0 aliphatic carbocycles. The number of primary amides is 1. The van der Waals surface area contributed by atoms with E-state index in [-0.39, 0.29) is 18.9 Å². The fourth-order valence-electron chi connectivity index (χ4n) is 2.77. The normalized spacial score (nSPS) is 12.5. The first-order chi connectivity index (χ1) is 14.3. The standard InChI is InChI=1S/C20H31N5O5/c1-13(2)17(23-12-26)19(28)25-16(5-4-10-22-20(21)29)18(27)24-15-8-6-14(7-9-15)11-30-3/h6-9,12-13,16-17H,4-5,10-11H2,1-3H3,(H,23,26)(H,24,27)(H,25,28)(H3,21,22,29). The van der Waals surface area contributed by atoms with Crippen LogP contribution >= 0.6 is 0 Å². The summed E-state index contributed by atoms with van der Waals surface area (Å²) in [4.78, 5) is 47.0. The van der Waals surface area contributed by atoms with Crippen LogP contribution < -0.4 is 27.0 Å². The van der Waals surface area contributed by atoms with Crippen LogP contribution in [-0.2, 0) is 25.7 Å². The second-order valence-electron chi connectivity index (χ2n) is 7.12. The van der Waals surface area contributed by atoms with Gasteiger partial charge in [0, 0.05) is 19.3 Å². The van der Waals surface area contributed by atoms with Crippen LogP contribution in [0.15, 0.2) is 24.3 Å². The van der Waals surface area contributed by atoms with Crippen molar-refractivity contribution in [2.45, 2.75) is 45.4 Å². The first-order valence-corrected chi connectivity index (χ1v) is 9.70. The quantitative estimate of drug-likeness (QED) is 0.232. The summed E-state index contributed by atoms with van der Waals surface area (Å²) in [5, 5.41) is 10.4. The molecule has 5 amide bonds. The third-order valence-electron chi connectivity index (χ3n) is 4.33. The number of hydrogen-bond donors (Lipinski definition) is 5. The molecule has 0 bridgehead atoms. The first kappa shape index (κ1) is 24.9. The maximum absolute atomic E-state index is 12.8. The van der Waals surface area contributed by atoms with Crippen molar-refractivity contribution in [2.75, 3.05) is 19.0 Å². The van der Waals surface area contributed by atoms with E-state index in [2.05, 4.69) is 21.3 Å². The second-order valence-corrected chi connectivity index (χ2v) is 7.12. The summed E-state index contributed by atoms with van der Waals surface area (Å²) in [7, 11) is 1.60. The Morgan fingerprint density at radius 2 is 1.80 bits per heavy atom. The highest BCUT2D eigenvalue weighted by Crippen LogP contribution is 2.12. The van der Waals surface area contributed by atoms with Gasteiger partial charge in [-0.15, -0.1) is 0 Å². The lowest BCUT2D eigenvalue weighted by Gasteiger charge is -2.24. The van der Waals surface area contributed by atoms with Gasteiger partial charge in [-0.2, -0.15) is 0 Å². The summed E-state index contributed by atoms with van der Waals surface area (Å²) >= 11 is 0. The number of urea groups is 1. The summed E-state index contributed by atoms with van der Waals surface area (Å²) in [6.07, 6.45) is 1.14. The van der Waals surface area contributed by atoms with E-state index in [1.807, 2.05) is 12.1 Å². The van der Waals surface area contributed by atoms with E-state index in [1.165, 1.54) is 0 Å². The van der Waals surface area contributed by atoms with Crippen LogP contribution in [0.5, 0.6) is 0 Å². The van der Waals surface area contributed by atoms with Crippen LogP contribution in [0.4, 0.5) is 10.5 Å². The maximum Gasteiger partial charge on any atom is 0.312 e. The molecular formula is C20H31N5O5.